The van der Waals surface area contributed by atoms with Gasteiger partial charge < -0.3 is 14.3 Å². The van der Waals surface area contributed by atoms with Gasteiger partial charge in [-0.2, -0.15) is 0 Å². The molecule has 0 atom stereocenters. The molecule has 0 aromatic carbocycles. The Labute approximate surface area is 138 Å². The summed E-state index contributed by atoms with van der Waals surface area (Å²) in [4.78, 5) is 14.8. The van der Waals surface area contributed by atoms with E-state index in [9.17, 15) is 4.79 Å². The zero-order valence-electron chi connectivity index (χ0n) is 12.6. The molecule has 22 heavy (non-hydrogen) atoms. The number of furan rings is 1. The van der Waals surface area contributed by atoms with E-state index in [1.807, 2.05) is 23.8 Å². The molecule has 1 amide bonds. The Morgan fingerprint density at radius 3 is 2.86 bits per heavy atom. The Kier molecular flexibility index (Phi) is 4.40. The zero-order chi connectivity index (χ0) is 15.7. The van der Waals surface area contributed by atoms with E-state index in [-0.39, 0.29) is 11.9 Å². The number of piperidine rings is 1. The summed E-state index contributed by atoms with van der Waals surface area (Å²) in [7, 11) is 1.88. The number of nitrogens with one attached hydrogen (secondary N) is 1. The molecule has 118 valence electrons. The van der Waals surface area contributed by atoms with E-state index in [2.05, 4.69) is 32.7 Å². The standard InChI is InChI=1S/C16H20BrN3O2/c1-3-6-20-7-4-11(5-8-20)18-16(21)13-9-14-12(19(13)2)10-15(17)22-14/h3,9-11H,1,4-8H2,2H3,(H,18,21). The van der Waals surface area contributed by atoms with Gasteiger partial charge >= 0.3 is 0 Å². The van der Waals surface area contributed by atoms with Crippen molar-refractivity contribution in [2.75, 3.05) is 19.6 Å². The van der Waals surface area contributed by atoms with Crippen molar-refractivity contribution in [2.45, 2.75) is 18.9 Å². The number of likely N-dealkylation sites (tertiary alicyclic amines) is 1. The Balaban J connectivity index is 1.65. The molecular weight excluding hydrogens is 346 g/mol. The van der Waals surface area contributed by atoms with E-state index in [0.29, 0.717) is 10.4 Å². The van der Waals surface area contributed by atoms with Crippen molar-refractivity contribution < 1.29 is 9.21 Å². The number of amides is 1. The molecule has 1 aliphatic heterocycles. The quantitative estimate of drug-likeness (QED) is 0.847. The van der Waals surface area contributed by atoms with Crippen LogP contribution in [0.15, 0.2) is 33.9 Å². The number of rotatable bonds is 4. The second-order valence-corrected chi connectivity index (χ2v) is 6.51. The van der Waals surface area contributed by atoms with Gasteiger partial charge in [-0.25, -0.2) is 0 Å². The van der Waals surface area contributed by atoms with E-state index >= 15 is 0 Å². The lowest BCUT2D eigenvalue weighted by Gasteiger charge is -2.31. The van der Waals surface area contributed by atoms with Crippen LogP contribution < -0.4 is 5.32 Å². The highest BCUT2D eigenvalue weighted by atomic mass is 79.9. The van der Waals surface area contributed by atoms with Crippen molar-refractivity contribution in [3.63, 3.8) is 0 Å². The fraction of sp³-hybridized carbons (Fsp3) is 0.438. The molecule has 3 rings (SSSR count). The molecule has 2 aromatic rings. The topological polar surface area (TPSA) is 50.4 Å². The molecule has 0 spiro atoms. The van der Waals surface area contributed by atoms with Crippen LogP contribution in [0.2, 0.25) is 0 Å². The first-order valence-electron chi connectivity index (χ1n) is 7.47. The van der Waals surface area contributed by atoms with Crippen LogP contribution in [0.25, 0.3) is 11.1 Å². The molecule has 1 N–H and O–H groups in total. The number of hydrogen-bond acceptors (Lipinski definition) is 3. The maximum absolute atomic E-state index is 12.5. The van der Waals surface area contributed by atoms with E-state index in [4.69, 9.17) is 4.42 Å². The van der Waals surface area contributed by atoms with Crippen molar-refractivity contribution >= 4 is 32.9 Å². The van der Waals surface area contributed by atoms with E-state index in [1.54, 1.807) is 6.07 Å². The first kappa shape index (κ1) is 15.4. The Morgan fingerprint density at radius 2 is 2.23 bits per heavy atom. The Morgan fingerprint density at radius 1 is 1.50 bits per heavy atom. The summed E-state index contributed by atoms with van der Waals surface area (Å²) >= 11 is 3.31. The van der Waals surface area contributed by atoms with Crippen molar-refractivity contribution in [1.29, 1.82) is 0 Å². The molecular formula is C16H20BrN3O2. The average molecular weight is 366 g/mol. The van der Waals surface area contributed by atoms with Crippen molar-refractivity contribution in [3.8, 4) is 0 Å². The fourth-order valence-electron chi connectivity index (χ4n) is 3.00. The van der Waals surface area contributed by atoms with Crippen LogP contribution in [-0.4, -0.2) is 41.1 Å². The summed E-state index contributed by atoms with van der Waals surface area (Å²) in [5.41, 5.74) is 2.27. The van der Waals surface area contributed by atoms with Gasteiger partial charge in [-0.05, 0) is 28.8 Å². The number of aromatic nitrogens is 1. The van der Waals surface area contributed by atoms with Gasteiger partial charge in [0.1, 0.15) is 5.69 Å². The number of halogens is 1. The maximum atomic E-state index is 12.5. The third-order valence-corrected chi connectivity index (χ3v) is 4.63. The highest BCUT2D eigenvalue weighted by Gasteiger charge is 2.22. The second kappa shape index (κ2) is 6.30. The van der Waals surface area contributed by atoms with Gasteiger partial charge in [0.25, 0.3) is 5.91 Å². The van der Waals surface area contributed by atoms with Gasteiger partial charge in [0.15, 0.2) is 10.3 Å². The number of nitrogens with zero attached hydrogens (tertiary/aromatic N) is 2. The van der Waals surface area contributed by atoms with E-state index < -0.39 is 0 Å². The molecule has 0 unspecified atom stereocenters. The Hall–Kier alpha value is -1.53. The maximum Gasteiger partial charge on any atom is 0.268 e. The number of aryl methyl sites for hydroxylation is 1. The average Bonchev–Trinajstić information content (AvgIpc) is 2.99. The fourth-order valence-corrected chi connectivity index (χ4v) is 3.39. The zero-order valence-corrected chi connectivity index (χ0v) is 14.2. The number of carbonyl (C=O) groups excluding carboxylic acids is 1. The molecule has 2 aromatic heterocycles. The van der Waals surface area contributed by atoms with Crippen LogP contribution in [0.3, 0.4) is 0 Å². The van der Waals surface area contributed by atoms with Gasteiger partial charge in [0.2, 0.25) is 0 Å². The summed E-state index contributed by atoms with van der Waals surface area (Å²) in [6.07, 6.45) is 3.88. The van der Waals surface area contributed by atoms with Crippen molar-refractivity contribution in [3.05, 3.63) is 35.2 Å². The minimum atomic E-state index is -0.0350. The molecule has 0 aliphatic carbocycles. The highest BCUT2D eigenvalue weighted by Crippen LogP contribution is 2.26. The SMILES string of the molecule is C=CCN1CCC(NC(=O)c2cc3oc(Br)cc3n2C)CC1. The van der Waals surface area contributed by atoms with Gasteiger partial charge in [-0.1, -0.05) is 6.08 Å². The molecule has 3 heterocycles. The third kappa shape index (κ3) is 2.98. The van der Waals surface area contributed by atoms with E-state index in [1.165, 1.54) is 0 Å². The van der Waals surface area contributed by atoms with Crippen LogP contribution >= 0.6 is 15.9 Å². The van der Waals surface area contributed by atoms with Crippen LogP contribution in [0.4, 0.5) is 0 Å². The van der Waals surface area contributed by atoms with Gasteiger partial charge in [0.05, 0.1) is 5.52 Å². The first-order valence-corrected chi connectivity index (χ1v) is 8.26. The second-order valence-electron chi connectivity index (χ2n) is 5.73. The lowest BCUT2D eigenvalue weighted by atomic mass is 10.0. The molecule has 5 nitrogen and oxygen atoms in total. The van der Waals surface area contributed by atoms with Gasteiger partial charge in [-0.3, -0.25) is 9.69 Å². The van der Waals surface area contributed by atoms with Crippen molar-refractivity contribution in [1.82, 2.24) is 14.8 Å². The molecule has 0 bridgehead atoms. The smallest absolute Gasteiger partial charge is 0.268 e. The predicted octanol–water partition coefficient (Wildman–Crippen LogP) is 2.91. The lowest BCUT2D eigenvalue weighted by molar-refractivity contribution is 0.0906. The highest BCUT2D eigenvalue weighted by molar-refractivity contribution is 9.10. The summed E-state index contributed by atoms with van der Waals surface area (Å²) in [5.74, 6) is -0.0350. The lowest BCUT2D eigenvalue weighted by Crippen LogP contribution is -2.44. The third-order valence-electron chi connectivity index (χ3n) is 4.24. The van der Waals surface area contributed by atoms with Crippen molar-refractivity contribution in [2.24, 2.45) is 7.05 Å². The van der Waals surface area contributed by atoms with E-state index in [0.717, 1.165) is 43.6 Å². The van der Waals surface area contributed by atoms with Crippen LogP contribution in [0, 0.1) is 0 Å². The monoisotopic (exact) mass is 365 g/mol. The summed E-state index contributed by atoms with van der Waals surface area (Å²) in [6.45, 7) is 6.69. The van der Waals surface area contributed by atoms with Crippen LogP contribution in [-0.2, 0) is 7.05 Å². The first-order chi connectivity index (χ1) is 10.6. The molecule has 6 heteroatoms. The molecule has 0 saturated carbocycles. The van der Waals surface area contributed by atoms with Crippen LogP contribution in [0.5, 0.6) is 0 Å². The predicted molar refractivity (Wildman–Crippen MR) is 90.0 cm³/mol. The van der Waals surface area contributed by atoms with Crippen LogP contribution in [0.1, 0.15) is 23.3 Å². The number of fused-ring (bicyclic) bond motifs is 1. The molecule has 1 aliphatic rings. The Bertz CT molecular complexity index is 696. The number of hydrogen-bond donors (Lipinski definition) is 1. The minimum Gasteiger partial charge on any atom is -0.448 e. The normalized spacial score (nSPS) is 17.0. The summed E-state index contributed by atoms with van der Waals surface area (Å²) < 4.78 is 8.05. The summed E-state index contributed by atoms with van der Waals surface area (Å²) in [6, 6.07) is 3.91. The largest absolute Gasteiger partial charge is 0.448 e. The summed E-state index contributed by atoms with van der Waals surface area (Å²) in [5, 5.41) is 3.14. The van der Waals surface area contributed by atoms with Gasteiger partial charge in [-0.15, -0.1) is 6.58 Å². The molecule has 0 radical (unpaired) electrons. The minimum absolute atomic E-state index is 0.0350. The molecule has 1 saturated heterocycles. The molecule has 1 fully saturated rings. The van der Waals surface area contributed by atoms with Gasteiger partial charge in [0, 0.05) is 44.9 Å². The number of carbonyl (C=O) groups is 1.